The number of nitrogens with one attached hydrogen (secondary N) is 1. The van der Waals surface area contributed by atoms with E-state index in [0.29, 0.717) is 16.8 Å². The second-order valence-corrected chi connectivity index (χ2v) is 7.71. The van der Waals surface area contributed by atoms with Crippen LogP contribution in [0.4, 0.5) is 0 Å². The van der Waals surface area contributed by atoms with Crippen molar-refractivity contribution in [3.8, 4) is 11.5 Å². The van der Waals surface area contributed by atoms with Crippen LogP contribution in [0.25, 0.3) is 0 Å². The van der Waals surface area contributed by atoms with Gasteiger partial charge in [-0.2, -0.15) is 0 Å². The van der Waals surface area contributed by atoms with Gasteiger partial charge in [-0.15, -0.1) is 0 Å². The Balaban J connectivity index is 2.17. The summed E-state index contributed by atoms with van der Waals surface area (Å²) < 4.78 is 38.8. The van der Waals surface area contributed by atoms with Gasteiger partial charge in [0.1, 0.15) is 11.5 Å². The molecule has 1 unspecified atom stereocenters. The van der Waals surface area contributed by atoms with Crippen molar-refractivity contribution in [1.82, 2.24) is 4.72 Å². The van der Waals surface area contributed by atoms with E-state index in [1.165, 1.54) is 19.2 Å². The van der Waals surface area contributed by atoms with Gasteiger partial charge in [0.05, 0.1) is 23.1 Å². The summed E-state index contributed by atoms with van der Waals surface area (Å²) in [5, 5.41) is 0. The van der Waals surface area contributed by atoms with Gasteiger partial charge in [0.15, 0.2) is 0 Å². The molecule has 5 nitrogen and oxygen atoms in total. The molecule has 1 N–H and O–H groups in total. The van der Waals surface area contributed by atoms with Crippen LogP contribution in [0.2, 0.25) is 0 Å². The minimum atomic E-state index is -3.64. The maximum absolute atomic E-state index is 12.5. The van der Waals surface area contributed by atoms with Crippen molar-refractivity contribution in [3.05, 3.63) is 52.5 Å². The van der Waals surface area contributed by atoms with Gasteiger partial charge in [0.2, 0.25) is 10.0 Å². The molecule has 7 heteroatoms. The molecule has 2 aromatic carbocycles. The fourth-order valence-corrected chi connectivity index (χ4v) is 4.15. The Hall–Kier alpha value is -1.57. The van der Waals surface area contributed by atoms with Gasteiger partial charge in [0.25, 0.3) is 0 Å². The van der Waals surface area contributed by atoms with Gasteiger partial charge in [-0.05, 0) is 65.7 Å². The molecule has 0 amide bonds. The Morgan fingerprint density at radius 2 is 1.83 bits per heavy atom. The van der Waals surface area contributed by atoms with Crippen LogP contribution in [-0.4, -0.2) is 22.1 Å². The highest BCUT2D eigenvalue weighted by molar-refractivity contribution is 9.10. The SMILES string of the molecule is CCOc1ccc(C(C)NS(=O)(=O)c2ccc(OC)c(Br)c2)cc1. The predicted octanol–water partition coefficient (Wildman–Crippen LogP) is 3.90. The van der Waals surface area contributed by atoms with Crippen LogP contribution in [0.1, 0.15) is 25.5 Å². The minimum Gasteiger partial charge on any atom is -0.496 e. The van der Waals surface area contributed by atoms with Crippen LogP contribution in [0.3, 0.4) is 0 Å². The highest BCUT2D eigenvalue weighted by Gasteiger charge is 2.19. The van der Waals surface area contributed by atoms with Crippen molar-refractivity contribution in [2.45, 2.75) is 24.8 Å². The number of ether oxygens (including phenoxy) is 2. The Bertz CT molecular complexity index is 791. The van der Waals surface area contributed by atoms with Crippen LogP contribution < -0.4 is 14.2 Å². The summed E-state index contributed by atoms with van der Waals surface area (Å²) in [4.78, 5) is 0.174. The van der Waals surface area contributed by atoms with E-state index in [2.05, 4.69) is 20.7 Å². The van der Waals surface area contributed by atoms with Crippen molar-refractivity contribution < 1.29 is 17.9 Å². The van der Waals surface area contributed by atoms with Crippen molar-refractivity contribution in [1.29, 1.82) is 0 Å². The molecule has 24 heavy (non-hydrogen) atoms. The number of methoxy groups -OCH3 is 1. The molecule has 0 saturated carbocycles. The molecule has 2 aromatic rings. The number of hydrogen-bond acceptors (Lipinski definition) is 4. The van der Waals surface area contributed by atoms with Gasteiger partial charge >= 0.3 is 0 Å². The van der Waals surface area contributed by atoms with E-state index in [0.717, 1.165) is 11.3 Å². The zero-order chi connectivity index (χ0) is 17.7. The third kappa shape index (κ3) is 4.49. The van der Waals surface area contributed by atoms with E-state index >= 15 is 0 Å². The van der Waals surface area contributed by atoms with Crippen LogP contribution >= 0.6 is 15.9 Å². The predicted molar refractivity (Wildman–Crippen MR) is 97.0 cm³/mol. The smallest absolute Gasteiger partial charge is 0.241 e. The Kier molecular flexibility index (Phi) is 6.26. The molecule has 0 heterocycles. The molecule has 0 spiro atoms. The lowest BCUT2D eigenvalue weighted by molar-refractivity contribution is 0.340. The Labute approximate surface area is 151 Å². The lowest BCUT2D eigenvalue weighted by Crippen LogP contribution is -2.26. The lowest BCUT2D eigenvalue weighted by atomic mass is 10.1. The average molecular weight is 414 g/mol. The van der Waals surface area contributed by atoms with E-state index in [1.54, 1.807) is 13.0 Å². The summed E-state index contributed by atoms with van der Waals surface area (Å²) in [7, 11) is -2.11. The van der Waals surface area contributed by atoms with Crippen LogP contribution in [0.15, 0.2) is 51.8 Å². The number of halogens is 1. The number of rotatable bonds is 7. The molecule has 1 atom stereocenters. The number of hydrogen-bond donors (Lipinski definition) is 1. The van der Waals surface area contributed by atoms with E-state index < -0.39 is 10.0 Å². The standard InChI is InChI=1S/C17H20BrNO4S/c1-4-23-14-7-5-13(6-8-14)12(2)19-24(20,21)15-9-10-17(22-3)16(18)11-15/h5-12,19H,4H2,1-3H3. The molecule has 130 valence electrons. The first-order chi connectivity index (χ1) is 11.4. The van der Waals surface area contributed by atoms with Crippen molar-refractivity contribution in [2.75, 3.05) is 13.7 Å². The number of sulfonamides is 1. The molecule has 0 radical (unpaired) electrons. The average Bonchev–Trinajstić information content (AvgIpc) is 2.55. The van der Waals surface area contributed by atoms with Gasteiger partial charge < -0.3 is 9.47 Å². The third-order valence-corrected chi connectivity index (χ3v) is 5.61. The third-order valence-electron chi connectivity index (χ3n) is 3.46. The Morgan fingerprint density at radius 1 is 1.17 bits per heavy atom. The highest BCUT2D eigenvalue weighted by Crippen LogP contribution is 2.28. The van der Waals surface area contributed by atoms with Gasteiger partial charge in [0, 0.05) is 6.04 Å². The molecule has 0 bridgehead atoms. The molecule has 0 fully saturated rings. The quantitative estimate of drug-likeness (QED) is 0.747. The number of benzene rings is 2. The molecular weight excluding hydrogens is 394 g/mol. The van der Waals surface area contributed by atoms with Crippen molar-refractivity contribution >= 4 is 26.0 Å². The first-order valence-electron chi connectivity index (χ1n) is 7.46. The largest absolute Gasteiger partial charge is 0.496 e. The van der Waals surface area contributed by atoms with Crippen LogP contribution in [0, 0.1) is 0 Å². The molecule has 0 aliphatic carbocycles. The maximum Gasteiger partial charge on any atom is 0.241 e. The molecule has 0 aliphatic rings. The molecule has 0 aliphatic heterocycles. The second kappa shape index (κ2) is 8.00. The van der Waals surface area contributed by atoms with Crippen LogP contribution in [0.5, 0.6) is 11.5 Å². The first-order valence-corrected chi connectivity index (χ1v) is 9.73. The fourth-order valence-electron chi connectivity index (χ4n) is 2.20. The normalized spacial score (nSPS) is 12.7. The maximum atomic E-state index is 12.5. The molecule has 2 rings (SSSR count). The summed E-state index contributed by atoms with van der Waals surface area (Å²) in [5.74, 6) is 1.34. The molecular formula is C17H20BrNO4S. The lowest BCUT2D eigenvalue weighted by Gasteiger charge is -2.16. The van der Waals surface area contributed by atoms with Gasteiger partial charge in [-0.1, -0.05) is 12.1 Å². The van der Waals surface area contributed by atoms with E-state index in [9.17, 15) is 8.42 Å². The Morgan fingerprint density at radius 3 is 2.38 bits per heavy atom. The zero-order valence-electron chi connectivity index (χ0n) is 13.7. The van der Waals surface area contributed by atoms with E-state index in [-0.39, 0.29) is 10.9 Å². The topological polar surface area (TPSA) is 64.6 Å². The van der Waals surface area contributed by atoms with Crippen LogP contribution in [-0.2, 0) is 10.0 Å². The summed E-state index contributed by atoms with van der Waals surface area (Å²) in [5.41, 5.74) is 0.856. The summed E-state index contributed by atoms with van der Waals surface area (Å²) in [6, 6.07) is 11.6. The first kappa shape index (κ1) is 18.8. The fraction of sp³-hybridized carbons (Fsp3) is 0.294. The highest BCUT2D eigenvalue weighted by atomic mass is 79.9. The second-order valence-electron chi connectivity index (χ2n) is 5.14. The summed E-state index contributed by atoms with van der Waals surface area (Å²) in [6.45, 7) is 4.30. The monoisotopic (exact) mass is 413 g/mol. The van der Waals surface area contributed by atoms with E-state index in [4.69, 9.17) is 9.47 Å². The zero-order valence-corrected chi connectivity index (χ0v) is 16.1. The summed E-state index contributed by atoms with van der Waals surface area (Å²) >= 11 is 3.30. The van der Waals surface area contributed by atoms with Crippen molar-refractivity contribution in [2.24, 2.45) is 0 Å². The minimum absolute atomic E-state index is 0.174. The molecule has 0 saturated heterocycles. The van der Waals surface area contributed by atoms with Crippen molar-refractivity contribution in [3.63, 3.8) is 0 Å². The summed E-state index contributed by atoms with van der Waals surface area (Å²) in [6.07, 6.45) is 0. The molecule has 0 aromatic heterocycles. The van der Waals surface area contributed by atoms with E-state index in [1.807, 2.05) is 31.2 Å². The van der Waals surface area contributed by atoms with Gasteiger partial charge in [-0.25, -0.2) is 13.1 Å². The van der Waals surface area contributed by atoms with Gasteiger partial charge in [-0.3, -0.25) is 0 Å².